The highest BCUT2D eigenvalue weighted by atomic mass is 15.1. The van der Waals surface area contributed by atoms with E-state index in [1.54, 1.807) is 0 Å². The zero-order valence-electron chi connectivity index (χ0n) is 11.2. The summed E-state index contributed by atoms with van der Waals surface area (Å²) >= 11 is 0. The van der Waals surface area contributed by atoms with Gasteiger partial charge in [0.15, 0.2) is 0 Å². The monoisotopic (exact) mass is 235 g/mol. The normalized spacial score (nSPS) is 14.9. The molecule has 1 rings (SSSR count). The summed E-state index contributed by atoms with van der Waals surface area (Å²) in [5.41, 5.74) is 7.21. The number of hydrogen-bond donors (Lipinski definition) is 2. The van der Waals surface area contributed by atoms with Crippen LogP contribution in [0.15, 0.2) is 30.3 Å². The summed E-state index contributed by atoms with van der Waals surface area (Å²) in [6, 6.07) is 10.5. The standard InChI is InChI=1S/C14H25N3/c1-14(12-15,16-9-10-17(2)3)11-13-7-5-4-6-8-13/h4-8,16H,9-12,15H2,1-3H3. The predicted molar refractivity (Wildman–Crippen MR) is 74.2 cm³/mol. The molecule has 0 spiro atoms. The molecule has 1 aromatic carbocycles. The average molecular weight is 235 g/mol. The second-order valence-corrected chi connectivity index (χ2v) is 5.16. The lowest BCUT2D eigenvalue weighted by Gasteiger charge is -2.30. The van der Waals surface area contributed by atoms with Crippen LogP contribution in [0.2, 0.25) is 0 Å². The van der Waals surface area contributed by atoms with Crippen molar-refractivity contribution >= 4 is 0 Å². The summed E-state index contributed by atoms with van der Waals surface area (Å²) < 4.78 is 0. The Bertz CT molecular complexity index is 311. The van der Waals surface area contributed by atoms with Gasteiger partial charge in [-0.2, -0.15) is 0 Å². The molecule has 96 valence electrons. The minimum Gasteiger partial charge on any atom is -0.329 e. The lowest BCUT2D eigenvalue weighted by molar-refractivity contribution is 0.323. The van der Waals surface area contributed by atoms with E-state index in [4.69, 9.17) is 5.73 Å². The van der Waals surface area contributed by atoms with Crippen molar-refractivity contribution in [2.24, 2.45) is 5.73 Å². The maximum Gasteiger partial charge on any atom is 0.0316 e. The molecule has 3 nitrogen and oxygen atoms in total. The summed E-state index contributed by atoms with van der Waals surface area (Å²) in [4.78, 5) is 2.17. The molecular formula is C14H25N3. The van der Waals surface area contributed by atoms with Crippen LogP contribution >= 0.6 is 0 Å². The molecule has 1 unspecified atom stereocenters. The highest BCUT2D eigenvalue weighted by Gasteiger charge is 2.21. The number of nitrogens with two attached hydrogens (primary N) is 1. The number of rotatable bonds is 7. The summed E-state index contributed by atoms with van der Waals surface area (Å²) in [6.45, 7) is 4.84. The van der Waals surface area contributed by atoms with E-state index in [0.717, 1.165) is 19.5 Å². The van der Waals surface area contributed by atoms with Crippen molar-refractivity contribution in [1.29, 1.82) is 0 Å². The lowest BCUT2D eigenvalue weighted by Crippen LogP contribution is -2.52. The topological polar surface area (TPSA) is 41.3 Å². The van der Waals surface area contributed by atoms with Gasteiger partial charge in [-0.3, -0.25) is 0 Å². The SMILES string of the molecule is CN(C)CCNC(C)(CN)Cc1ccccc1. The third kappa shape index (κ3) is 5.31. The molecule has 0 aliphatic carbocycles. The van der Waals surface area contributed by atoms with Gasteiger partial charge in [-0.05, 0) is 33.0 Å². The molecular weight excluding hydrogens is 210 g/mol. The zero-order valence-corrected chi connectivity index (χ0v) is 11.2. The smallest absolute Gasteiger partial charge is 0.0316 e. The van der Waals surface area contributed by atoms with Gasteiger partial charge in [0.25, 0.3) is 0 Å². The molecule has 0 saturated heterocycles. The van der Waals surface area contributed by atoms with Crippen molar-refractivity contribution in [3.8, 4) is 0 Å². The van der Waals surface area contributed by atoms with Crippen LogP contribution in [0.5, 0.6) is 0 Å². The van der Waals surface area contributed by atoms with Crippen LogP contribution in [0.4, 0.5) is 0 Å². The molecule has 17 heavy (non-hydrogen) atoms. The molecule has 1 atom stereocenters. The Kier molecular flexibility index (Phi) is 5.62. The van der Waals surface area contributed by atoms with Crippen LogP contribution in [0, 0.1) is 0 Å². The quantitative estimate of drug-likeness (QED) is 0.743. The number of nitrogens with zero attached hydrogens (tertiary/aromatic N) is 1. The van der Waals surface area contributed by atoms with Crippen LogP contribution in [0.25, 0.3) is 0 Å². The third-order valence-corrected chi connectivity index (χ3v) is 3.00. The minimum atomic E-state index is -0.0165. The molecule has 1 aromatic rings. The van der Waals surface area contributed by atoms with E-state index < -0.39 is 0 Å². The number of nitrogens with one attached hydrogen (secondary N) is 1. The first kappa shape index (κ1) is 14.2. The van der Waals surface area contributed by atoms with Gasteiger partial charge in [-0.25, -0.2) is 0 Å². The molecule has 0 amide bonds. The van der Waals surface area contributed by atoms with Gasteiger partial charge in [-0.15, -0.1) is 0 Å². The van der Waals surface area contributed by atoms with Gasteiger partial charge in [0.2, 0.25) is 0 Å². The van der Waals surface area contributed by atoms with Crippen molar-refractivity contribution in [2.75, 3.05) is 33.7 Å². The Balaban J connectivity index is 2.50. The van der Waals surface area contributed by atoms with Gasteiger partial charge in [0, 0.05) is 25.2 Å². The Hall–Kier alpha value is -0.900. The zero-order chi connectivity index (χ0) is 12.7. The molecule has 0 fully saturated rings. The fourth-order valence-corrected chi connectivity index (χ4v) is 1.83. The van der Waals surface area contributed by atoms with Crippen LogP contribution in [-0.4, -0.2) is 44.2 Å². The molecule has 3 heteroatoms. The summed E-state index contributed by atoms with van der Waals surface area (Å²) in [5, 5.41) is 3.56. The molecule has 0 radical (unpaired) electrons. The second-order valence-electron chi connectivity index (χ2n) is 5.16. The largest absolute Gasteiger partial charge is 0.329 e. The number of likely N-dealkylation sites (N-methyl/N-ethyl adjacent to an activating group) is 1. The van der Waals surface area contributed by atoms with Crippen LogP contribution in [-0.2, 0) is 6.42 Å². The maximum atomic E-state index is 5.90. The average Bonchev–Trinajstić information content (AvgIpc) is 2.30. The Morgan fingerprint density at radius 1 is 1.24 bits per heavy atom. The summed E-state index contributed by atoms with van der Waals surface area (Å²) in [5.74, 6) is 0. The van der Waals surface area contributed by atoms with Crippen LogP contribution in [0.3, 0.4) is 0 Å². The molecule has 0 bridgehead atoms. The van der Waals surface area contributed by atoms with E-state index in [1.807, 2.05) is 6.07 Å². The van der Waals surface area contributed by atoms with Crippen molar-refractivity contribution in [3.05, 3.63) is 35.9 Å². The Morgan fingerprint density at radius 3 is 2.41 bits per heavy atom. The van der Waals surface area contributed by atoms with Gasteiger partial charge in [-0.1, -0.05) is 30.3 Å². The third-order valence-electron chi connectivity index (χ3n) is 3.00. The summed E-state index contributed by atoms with van der Waals surface area (Å²) in [6.07, 6.45) is 0.970. The van der Waals surface area contributed by atoms with Crippen molar-refractivity contribution in [2.45, 2.75) is 18.9 Å². The van der Waals surface area contributed by atoms with E-state index in [-0.39, 0.29) is 5.54 Å². The van der Waals surface area contributed by atoms with Crippen molar-refractivity contribution < 1.29 is 0 Å². The number of benzene rings is 1. The van der Waals surface area contributed by atoms with E-state index in [0.29, 0.717) is 6.54 Å². The number of hydrogen-bond acceptors (Lipinski definition) is 3. The van der Waals surface area contributed by atoms with E-state index >= 15 is 0 Å². The van der Waals surface area contributed by atoms with Gasteiger partial charge in [0.05, 0.1) is 0 Å². The molecule has 0 aliphatic rings. The lowest BCUT2D eigenvalue weighted by atomic mass is 9.93. The summed E-state index contributed by atoms with van der Waals surface area (Å²) in [7, 11) is 4.16. The van der Waals surface area contributed by atoms with Crippen molar-refractivity contribution in [1.82, 2.24) is 10.2 Å². The first-order valence-corrected chi connectivity index (χ1v) is 6.19. The molecule has 0 aromatic heterocycles. The minimum absolute atomic E-state index is 0.0165. The Morgan fingerprint density at radius 2 is 1.88 bits per heavy atom. The molecule has 0 aliphatic heterocycles. The fourth-order valence-electron chi connectivity index (χ4n) is 1.83. The highest BCUT2D eigenvalue weighted by molar-refractivity contribution is 5.17. The van der Waals surface area contributed by atoms with E-state index in [2.05, 4.69) is 55.5 Å². The fraction of sp³-hybridized carbons (Fsp3) is 0.571. The Labute approximate surface area is 105 Å². The first-order valence-electron chi connectivity index (χ1n) is 6.19. The molecule has 0 heterocycles. The maximum absolute atomic E-state index is 5.90. The first-order chi connectivity index (χ1) is 8.06. The van der Waals surface area contributed by atoms with E-state index in [9.17, 15) is 0 Å². The van der Waals surface area contributed by atoms with E-state index in [1.165, 1.54) is 5.56 Å². The second kappa shape index (κ2) is 6.74. The van der Waals surface area contributed by atoms with Crippen LogP contribution < -0.4 is 11.1 Å². The van der Waals surface area contributed by atoms with Gasteiger partial charge < -0.3 is 16.0 Å². The van der Waals surface area contributed by atoms with Crippen molar-refractivity contribution in [3.63, 3.8) is 0 Å². The predicted octanol–water partition coefficient (Wildman–Crippen LogP) is 1.10. The molecule has 0 saturated carbocycles. The highest BCUT2D eigenvalue weighted by Crippen LogP contribution is 2.11. The van der Waals surface area contributed by atoms with Gasteiger partial charge >= 0.3 is 0 Å². The van der Waals surface area contributed by atoms with Gasteiger partial charge in [0.1, 0.15) is 0 Å². The molecule has 3 N–H and O–H groups in total. The van der Waals surface area contributed by atoms with Crippen LogP contribution in [0.1, 0.15) is 12.5 Å².